The number of methoxy groups -OCH3 is 1. The third-order valence-electron chi connectivity index (χ3n) is 3.22. The summed E-state index contributed by atoms with van der Waals surface area (Å²) in [6.45, 7) is 1.93. The van der Waals surface area contributed by atoms with E-state index in [-0.39, 0.29) is 5.91 Å². The van der Waals surface area contributed by atoms with E-state index in [1.807, 2.05) is 31.2 Å². The molecule has 0 aromatic heterocycles. The first-order chi connectivity index (χ1) is 11.5. The lowest BCUT2D eigenvalue weighted by Gasteiger charge is -2.06. The van der Waals surface area contributed by atoms with Gasteiger partial charge in [0.25, 0.3) is 11.8 Å². The number of ether oxygens (including phenoxy) is 1. The lowest BCUT2D eigenvalue weighted by molar-refractivity contribution is -0.117. The highest BCUT2D eigenvalue weighted by Gasteiger charge is 2.06. The fraction of sp³-hybridized carbons (Fsp3) is 0.111. The molecule has 2 aromatic rings. The summed E-state index contributed by atoms with van der Waals surface area (Å²) in [5.41, 5.74) is 6.97. The lowest BCUT2D eigenvalue weighted by Crippen LogP contribution is -2.40. The quantitative estimate of drug-likeness (QED) is 0.623. The summed E-state index contributed by atoms with van der Waals surface area (Å²) < 4.78 is 6.10. The van der Waals surface area contributed by atoms with Gasteiger partial charge in [0.2, 0.25) is 0 Å². The zero-order chi connectivity index (χ0) is 17.5. The highest BCUT2D eigenvalue weighted by atomic mass is 79.9. The van der Waals surface area contributed by atoms with E-state index in [0.717, 1.165) is 15.6 Å². The number of rotatable bonds is 4. The maximum Gasteiger partial charge on any atom is 0.269 e. The Bertz CT molecular complexity index is 770. The van der Waals surface area contributed by atoms with Crippen LogP contribution in [0.3, 0.4) is 0 Å². The highest BCUT2D eigenvalue weighted by molar-refractivity contribution is 9.10. The molecule has 124 valence electrons. The van der Waals surface area contributed by atoms with Crippen LogP contribution in [0.4, 0.5) is 0 Å². The average Bonchev–Trinajstić information content (AvgIpc) is 2.58. The Labute approximate surface area is 148 Å². The number of amides is 2. The van der Waals surface area contributed by atoms with E-state index in [0.29, 0.717) is 11.3 Å². The minimum Gasteiger partial charge on any atom is -0.496 e. The van der Waals surface area contributed by atoms with Gasteiger partial charge in [0.1, 0.15) is 5.75 Å². The average molecular weight is 389 g/mol. The molecular weight excluding hydrogens is 372 g/mol. The second-order valence-corrected chi connectivity index (χ2v) is 5.94. The third-order valence-corrected chi connectivity index (χ3v) is 3.71. The normalized spacial score (nSPS) is 10.5. The Hall–Kier alpha value is -2.60. The molecule has 0 aliphatic rings. The molecule has 2 N–H and O–H groups in total. The van der Waals surface area contributed by atoms with E-state index >= 15 is 0 Å². The topological polar surface area (TPSA) is 67.4 Å². The van der Waals surface area contributed by atoms with E-state index in [1.165, 1.54) is 6.08 Å². The van der Waals surface area contributed by atoms with Gasteiger partial charge in [0.15, 0.2) is 0 Å². The molecule has 2 rings (SSSR count). The summed E-state index contributed by atoms with van der Waals surface area (Å²) >= 11 is 3.37. The maximum absolute atomic E-state index is 11.9. The van der Waals surface area contributed by atoms with Gasteiger partial charge in [-0.1, -0.05) is 33.6 Å². The van der Waals surface area contributed by atoms with Gasteiger partial charge in [0, 0.05) is 21.7 Å². The number of nitrogens with one attached hydrogen (secondary N) is 2. The van der Waals surface area contributed by atoms with Gasteiger partial charge in [-0.3, -0.25) is 20.4 Å². The first-order valence-electron chi connectivity index (χ1n) is 7.18. The molecular formula is C18H17BrN2O3. The van der Waals surface area contributed by atoms with Gasteiger partial charge >= 0.3 is 0 Å². The van der Waals surface area contributed by atoms with Crippen molar-refractivity contribution >= 4 is 33.8 Å². The first-order valence-corrected chi connectivity index (χ1v) is 7.97. The van der Waals surface area contributed by atoms with Gasteiger partial charge < -0.3 is 4.74 Å². The molecule has 0 bridgehead atoms. The smallest absolute Gasteiger partial charge is 0.269 e. The minimum absolute atomic E-state index is 0.378. The van der Waals surface area contributed by atoms with Crippen LogP contribution in [-0.4, -0.2) is 18.9 Å². The van der Waals surface area contributed by atoms with Crippen molar-refractivity contribution in [1.29, 1.82) is 0 Å². The number of carbonyl (C=O) groups excluding carboxylic acids is 2. The molecule has 0 aliphatic heterocycles. The van der Waals surface area contributed by atoms with Crippen LogP contribution in [0.1, 0.15) is 21.5 Å². The second kappa shape index (κ2) is 8.31. The van der Waals surface area contributed by atoms with Crippen molar-refractivity contribution in [3.8, 4) is 5.75 Å². The first kappa shape index (κ1) is 17.7. The van der Waals surface area contributed by atoms with E-state index in [2.05, 4.69) is 26.8 Å². The molecule has 0 saturated heterocycles. The summed E-state index contributed by atoms with van der Waals surface area (Å²) in [7, 11) is 1.56. The van der Waals surface area contributed by atoms with Gasteiger partial charge in [-0.25, -0.2) is 0 Å². The maximum atomic E-state index is 11.9. The third kappa shape index (κ3) is 4.96. The zero-order valence-corrected chi connectivity index (χ0v) is 14.9. The number of halogens is 1. The predicted octanol–water partition coefficient (Wildman–Crippen LogP) is 3.24. The largest absolute Gasteiger partial charge is 0.496 e. The van der Waals surface area contributed by atoms with Crippen molar-refractivity contribution in [3.63, 3.8) is 0 Å². The molecule has 0 fully saturated rings. The van der Waals surface area contributed by atoms with Crippen LogP contribution in [-0.2, 0) is 4.79 Å². The molecule has 6 heteroatoms. The monoisotopic (exact) mass is 388 g/mol. The fourth-order valence-electron chi connectivity index (χ4n) is 1.94. The Balaban J connectivity index is 1.94. The van der Waals surface area contributed by atoms with Gasteiger partial charge in [-0.05, 0) is 43.3 Å². The van der Waals surface area contributed by atoms with Crippen LogP contribution >= 0.6 is 15.9 Å². The van der Waals surface area contributed by atoms with Gasteiger partial charge in [-0.15, -0.1) is 0 Å². The van der Waals surface area contributed by atoms with Crippen molar-refractivity contribution < 1.29 is 14.3 Å². The fourth-order valence-corrected chi connectivity index (χ4v) is 2.32. The van der Waals surface area contributed by atoms with Crippen LogP contribution in [0.5, 0.6) is 5.75 Å². The molecule has 0 radical (unpaired) electrons. The second-order valence-electron chi connectivity index (χ2n) is 5.03. The summed E-state index contributed by atoms with van der Waals surface area (Å²) in [5, 5.41) is 0. The lowest BCUT2D eigenvalue weighted by atomic mass is 10.1. The number of hydrogen-bond acceptors (Lipinski definition) is 3. The van der Waals surface area contributed by atoms with Gasteiger partial charge in [-0.2, -0.15) is 0 Å². The Kier molecular flexibility index (Phi) is 6.14. The number of carbonyl (C=O) groups is 2. The van der Waals surface area contributed by atoms with Crippen molar-refractivity contribution in [1.82, 2.24) is 10.9 Å². The predicted molar refractivity (Wildman–Crippen MR) is 96.5 cm³/mol. The molecule has 0 aliphatic carbocycles. The van der Waals surface area contributed by atoms with E-state index in [1.54, 1.807) is 31.4 Å². The van der Waals surface area contributed by atoms with E-state index in [4.69, 9.17) is 4.74 Å². The minimum atomic E-state index is -0.447. The van der Waals surface area contributed by atoms with Crippen molar-refractivity contribution in [3.05, 3.63) is 69.7 Å². The number of benzene rings is 2. The van der Waals surface area contributed by atoms with Crippen LogP contribution in [0.25, 0.3) is 6.08 Å². The number of aryl methyl sites for hydroxylation is 1. The number of hydrogen-bond donors (Lipinski definition) is 2. The molecule has 2 aromatic carbocycles. The molecule has 0 unspecified atom stereocenters. The number of hydrazine groups is 1. The Morgan fingerprint density at radius 1 is 1.08 bits per heavy atom. The Morgan fingerprint density at radius 3 is 2.46 bits per heavy atom. The molecule has 24 heavy (non-hydrogen) atoms. The standard InChI is InChI=1S/C18H17BrN2O3/c1-12-3-5-13(6-4-12)18(23)21-20-17(22)10-7-14-11-15(19)8-9-16(14)24-2/h3-11H,1-2H3,(H,20,22)(H,21,23)/b10-7+. The molecule has 5 nitrogen and oxygen atoms in total. The summed E-state index contributed by atoms with van der Waals surface area (Å²) in [5.74, 6) is -0.180. The van der Waals surface area contributed by atoms with Crippen LogP contribution in [0, 0.1) is 6.92 Å². The van der Waals surface area contributed by atoms with Gasteiger partial charge in [0.05, 0.1) is 7.11 Å². The molecule has 0 heterocycles. The van der Waals surface area contributed by atoms with E-state index < -0.39 is 5.91 Å². The molecule has 2 amide bonds. The van der Waals surface area contributed by atoms with Crippen LogP contribution in [0.15, 0.2) is 53.0 Å². The van der Waals surface area contributed by atoms with Crippen molar-refractivity contribution in [2.75, 3.05) is 7.11 Å². The summed E-state index contributed by atoms with van der Waals surface area (Å²) in [4.78, 5) is 23.7. The zero-order valence-electron chi connectivity index (χ0n) is 13.3. The molecule has 0 atom stereocenters. The highest BCUT2D eigenvalue weighted by Crippen LogP contribution is 2.23. The molecule has 0 spiro atoms. The Morgan fingerprint density at radius 2 is 1.79 bits per heavy atom. The van der Waals surface area contributed by atoms with Crippen LogP contribution in [0.2, 0.25) is 0 Å². The van der Waals surface area contributed by atoms with E-state index in [9.17, 15) is 9.59 Å². The van der Waals surface area contributed by atoms with Crippen molar-refractivity contribution in [2.45, 2.75) is 6.92 Å². The summed E-state index contributed by atoms with van der Waals surface area (Å²) in [6.07, 6.45) is 2.93. The van der Waals surface area contributed by atoms with Crippen molar-refractivity contribution in [2.24, 2.45) is 0 Å². The summed E-state index contributed by atoms with van der Waals surface area (Å²) in [6, 6.07) is 12.5. The SMILES string of the molecule is COc1ccc(Br)cc1/C=C/C(=O)NNC(=O)c1ccc(C)cc1. The van der Waals surface area contributed by atoms with Crippen LogP contribution < -0.4 is 15.6 Å². The molecule has 0 saturated carbocycles.